The van der Waals surface area contributed by atoms with Crippen LogP contribution in [0.5, 0.6) is 17.2 Å². The molecule has 33 heavy (non-hydrogen) atoms. The third kappa shape index (κ3) is 4.95. The van der Waals surface area contributed by atoms with E-state index in [0.717, 1.165) is 11.3 Å². The van der Waals surface area contributed by atoms with Gasteiger partial charge in [-0.2, -0.15) is 0 Å². The maximum absolute atomic E-state index is 11.8. The summed E-state index contributed by atoms with van der Waals surface area (Å²) in [6.45, 7) is 2.79. The molecular formula is C25H23N3O5. The Morgan fingerprint density at radius 1 is 1.00 bits per heavy atom. The van der Waals surface area contributed by atoms with Crippen molar-refractivity contribution in [3.63, 3.8) is 0 Å². The monoisotopic (exact) mass is 445 g/mol. The standard InChI is InChI=1S/C25H23N3O5/c1-3-32-19-11-9-18(10-12-19)27-25-20-13-24(33-16-17-7-5-4-6-8-17)23(31-2)14-21(20)26-15-22(25)28(29)30/h4-15H,3,16H2,1-2H3,(H,26,27). The highest BCUT2D eigenvalue weighted by molar-refractivity contribution is 5.99. The Morgan fingerprint density at radius 3 is 2.42 bits per heavy atom. The van der Waals surface area contributed by atoms with Crippen LogP contribution in [0.3, 0.4) is 0 Å². The van der Waals surface area contributed by atoms with Crippen molar-refractivity contribution in [3.8, 4) is 17.2 Å². The molecule has 3 aromatic carbocycles. The fourth-order valence-corrected chi connectivity index (χ4v) is 3.41. The van der Waals surface area contributed by atoms with E-state index in [0.29, 0.717) is 47.0 Å². The van der Waals surface area contributed by atoms with E-state index in [9.17, 15) is 10.1 Å². The van der Waals surface area contributed by atoms with E-state index >= 15 is 0 Å². The molecule has 0 unspecified atom stereocenters. The van der Waals surface area contributed by atoms with Gasteiger partial charge in [0.1, 0.15) is 24.2 Å². The van der Waals surface area contributed by atoms with Gasteiger partial charge >= 0.3 is 5.69 Å². The second-order valence-corrected chi connectivity index (χ2v) is 7.15. The van der Waals surface area contributed by atoms with E-state index in [4.69, 9.17) is 14.2 Å². The number of aromatic nitrogens is 1. The first-order valence-corrected chi connectivity index (χ1v) is 10.4. The second kappa shape index (κ2) is 9.86. The molecule has 0 saturated carbocycles. The van der Waals surface area contributed by atoms with Crippen molar-refractivity contribution in [3.05, 3.63) is 88.6 Å². The topological polar surface area (TPSA) is 95.8 Å². The molecule has 0 aliphatic carbocycles. The average molecular weight is 445 g/mol. The van der Waals surface area contributed by atoms with Crippen LogP contribution in [-0.4, -0.2) is 23.6 Å². The number of fused-ring (bicyclic) bond motifs is 1. The van der Waals surface area contributed by atoms with Gasteiger partial charge in [0.05, 0.1) is 24.2 Å². The molecule has 1 heterocycles. The minimum absolute atomic E-state index is 0.143. The average Bonchev–Trinajstić information content (AvgIpc) is 2.84. The summed E-state index contributed by atoms with van der Waals surface area (Å²) in [6, 6.07) is 20.4. The predicted octanol–water partition coefficient (Wildman–Crippen LogP) is 5.87. The minimum atomic E-state index is -0.460. The van der Waals surface area contributed by atoms with Crippen LogP contribution >= 0.6 is 0 Å². The SMILES string of the molecule is CCOc1ccc(Nc2c([N+](=O)[O-])cnc3cc(OC)c(OCc4ccccc4)cc23)cc1. The van der Waals surface area contributed by atoms with Crippen LogP contribution in [0, 0.1) is 10.1 Å². The summed E-state index contributed by atoms with van der Waals surface area (Å²) in [4.78, 5) is 15.6. The van der Waals surface area contributed by atoms with Crippen LogP contribution in [0.15, 0.2) is 72.9 Å². The van der Waals surface area contributed by atoms with E-state index < -0.39 is 4.92 Å². The summed E-state index contributed by atoms with van der Waals surface area (Å²) in [7, 11) is 1.54. The third-order valence-electron chi connectivity index (χ3n) is 5.00. The molecule has 8 nitrogen and oxygen atoms in total. The van der Waals surface area contributed by atoms with Crippen LogP contribution in [0.2, 0.25) is 0 Å². The summed E-state index contributed by atoms with van der Waals surface area (Å²) < 4.78 is 17.0. The Kier molecular flexibility index (Phi) is 6.54. The zero-order valence-electron chi connectivity index (χ0n) is 18.3. The Labute approximate surface area is 190 Å². The van der Waals surface area contributed by atoms with E-state index in [1.165, 1.54) is 6.20 Å². The molecule has 0 spiro atoms. The van der Waals surface area contributed by atoms with Gasteiger partial charge in [-0.25, -0.2) is 4.98 Å². The first kappa shape index (κ1) is 21.9. The van der Waals surface area contributed by atoms with Gasteiger partial charge in [-0.3, -0.25) is 10.1 Å². The van der Waals surface area contributed by atoms with Gasteiger partial charge in [0, 0.05) is 17.1 Å². The first-order chi connectivity index (χ1) is 16.1. The van der Waals surface area contributed by atoms with E-state index in [1.807, 2.05) is 37.3 Å². The molecule has 1 N–H and O–H groups in total. The van der Waals surface area contributed by atoms with E-state index in [1.54, 1.807) is 43.5 Å². The van der Waals surface area contributed by atoms with Gasteiger partial charge in [-0.15, -0.1) is 0 Å². The molecule has 0 aliphatic rings. The largest absolute Gasteiger partial charge is 0.494 e. The highest BCUT2D eigenvalue weighted by Crippen LogP contribution is 2.40. The molecule has 4 rings (SSSR count). The highest BCUT2D eigenvalue weighted by Gasteiger charge is 2.21. The normalized spacial score (nSPS) is 10.6. The van der Waals surface area contributed by atoms with Crippen molar-refractivity contribution in [2.45, 2.75) is 13.5 Å². The van der Waals surface area contributed by atoms with Gasteiger partial charge in [0.25, 0.3) is 0 Å². The molecule has 1 aromatic heterocycles. The van der Waals surface area contributed by atoms with Crippen molar-refractivity contribution in [1.29, 1.82) is 0 Å². The van der Waals surface area contributed by atoms with Crippen molar-refractivity contribution in [1.82, 2.24) is 4.98 Å². The number of methoxy groups -OCH3 is 1. The Morgan fingerprint density at radius 2 is 1.76 bits per heavy atom. The number of rotatable bonds is 9. The molecule has 0 atom stereocenters. The summed E-state index contributed by atoms with van der Waals surface area (Å²) in [5.74, 6) is 1.68. The lowest BCUT2D eigenvalue weighted by Gasteiger charge is -2.15. The van der Waals surface area contributed by atoms with Crippen LogP contribution in [0.1, 0.15) is 12.5 Å². The van der Waals surface area contributed by atoms with E-state index in [-0.39, 0.29) is 5.69 Å². The first-order valence-electron chi connectivity index (χ1n) is 10.4. The van der Waals surface area contributed by atoms with Crippen molar-refractivity contribution in [2.75, 3.05) is 19.0 Å². The predicted molar refractivity (Wildman–Crippen MR) is 127 cm³/mol. The number of ether oxygens (including phenoxy) is 3. The quantitative estimate of drug-likeness (QED) is 0.254. The highest BCUT2D eigenvalue weighted by atomic mass is 16.6. The zero-order chi connectivity index (χ0) is 23.2. The maximum Gasteiger partial charge on any atom is 0.311 e. The maximum atomic E-state index is 11.8. The second-order valence-electron chi connectivity index (χ2n) is 7.15. The Bertz CT molecular complexity index is 1260. The number of anilines is 2. The minimum Gasteiger partial charge on any atom is -0.494 e. The molecule has 0 bridgehead atoms. The Hall–Kier alpha value is -4.33. The molecule has 0 fully saturated rings. The van der Waals surface area contributed by atoms with Crippen LogP contribution in [0.4, 0.5) is 17.1 Å². The molecule has 168 valence electrons. The molecule has 0 radical (unpaired) electrons. The van der Waals surface area contributed by atoms with Gasteiger partial charge in [-0.05, 0) is 42.8 Å². The van der Waals surface area contributed by atoms with Gasteiger partial charge in [0.15, 0.2) is 11.5 Å². The lowest BCUT2D eigenvalue weighted by molar-refractivity contribution is -0.384. The number of benzene rings is 3. The zero-order valence-corrected chi connectivity index (χ0v) is 18.3. The molecule has 0 amide bonds. The molecule has 0 aliphatic heterocycles. The van der Waals surface area contributed by atoms with Crippen LogP contribution in [-0.2, 0) is 6.61 Å². The summed E-state index contributed by atoms with van der Waals surface area (Å²) in [5, 5.41) is 15.5. The molecule has 0 saturated heterocycles. The van der Waals surface area contributed by atoms with Crippen molar-refractivity contribution in [2.24, 2.45) is 0 Å². The van der Waals surface area contributed by atoms with Gasteiger partial charge in [0.2, 0.25) is 0 Å². The summed E-state index contributed by atoms with van der Waals surface area (Å²) in [6.07, 6.45) is 1.24. The lowest BCUT2D eigenvalue weighted by Crippen LogP contribution is -2.02. The summed E-state index contributed by atoms with van der Waals surface area (Å²) >= 11 is 0. The number of hydrogen-bond acceptors (Lipinski definition) is 7. The molecule has 8 heteroatoms. The summed E-state index contributed by atoms with van der Waals surface area (Å²) in [5.41, 5.74) is 2.39. The fourth-order valence-electron chi connectivity index (χ4n) is 3.41. The van der Waals surface area contributed by atoms with Crippen LogP contribution < -0.4 is 19.5 Å². The molecular weight excluding hydrogens is 422 g/mol. The number of nitrogens with one attached hydrogen (secondary N) is 1. The third-order valence-corrected chi connectivity index (χ3v) is 5.00. The fraction of sp³-hybridized carbons (Fsp3) is 0.160. The van der Waals surface area contributed by atoms with Gasteiger partial charge in [-0.1, -0.05) is 30.3 Å². The van der Waals surface area contributed by atoms with Gasteiger partial charge < -0.3 is 19.5 Å². The van der Waals surface area contributed by atoms with Crippen molar-refractivity contribution < 1.29 is 19.1 Å². The van der Waals surface area contributed by atoms with Crippen molar-refractivity contribution >= 4 is 28.0 Å². The number of hydrogen-bond donors (Lipinski definition) is 1. The molecule has 4 aromatic rings. The lowest BCUT2D eigenvalue weighted by atomic mass is 10.1. The number of nitrogens with zero attached hydrogens (tertiary/aromatic N) is 2. The Balaban J connectivity index is 1.75. The van der Waals surface area contributed by atoms with Crippen LogP contribution in [0.25, 0.3) is 10.9 Å². The number of nitro groups is 1. The smallest absolute Gasteiger partial charge is 0.311 e. The number of pyridine rings is 1. The van der Waals surface area contributed by atoms with E-state index in [2.05, 4.69) is 10.3 Å².